The summed E-state index contributed by atoms with van der Waals surface area (Å²) in [5.41, 5.74) is 0.290. The predicted octanol–water partition coefficient (Wildman–Crippen LogP) is 3.57. The summed E-state index contributed by atoms with van der Waals surface area (Å²) in [5.74, 6) is -3.77. The molecular formula is C21H18ClF2N3O4. The van der Waals surface area contributed by atoms with Gasteiger partial charge in [0.25, 0.3) is 11.8 Å². The van der Waals surface area contributed by atoms with Crippen LogP contribution in [-0.2, 0) is 14.3 Å². The lowest BCUT2D eigenvalue weighted by atomic mass is 10.2. The highest BCUT2D eigenvalue weighted by Crippen LogP contribution is 2.20. The van der Waals surface area contributed by atoms with Gasteiger partial charge in [0.05, 0.1) is 16.1 Å². The maximum absolute atomic E-state index is 13.5. The molecule has 0 heterocycles. The smallest absolute Gasteiger partial charge is 0.306 e. The largest absolute Gasteiger partial charge is 0.453 e. The molecule has 0 saturated heterocycles. The standard InChI is InChI=1S/C21H18ClF2N3O4/c1-12(20(29)27-15-6-4-13(11-25)17(22)10-15)31-19(28)3-2-8-26-21(30)16-7-5-14(23)9-18(16)24/h4-7,9-10,12H,2-3,8H2,1H3,(H,26,30)(H,27,29). The van der Waals surface area contributed by atoms with E-state index < -0.39 is 35.5 Å². The van der Waals surface area contributed by atoms with Crippen LogP contribution in [0, 0.1) is 23.0 Å². The van der Waals surface area contributed by atoms with Crippen LogP contribution in [0.15, 0.2) is 36.4 Å². The average Bonchev–Trinajstić information content (AvgIpc) is 2.71. The summed E-state index contributed by atoms with van der Waals surface area (Å²) in [7, 11) is 0. The summed E-state index contributed by atoms with van der Waals surface area (Å²) in [6.07, 6.45) is -0.996. The van der Waals surface area contributed by atoms with Crippen molar-refractivity contribution in [3.05, 3.63) is 64.2 Å². The Kier molecular flexibility index (Phi) is 8.46. The van der Waals surface area contributed by atoms with Gasteiger partial charge >= 0.3 is 5.97 Å². The molecule has 1 atom stereocenters. The van der Waals surface area contributed by atoms with Crippen molar-refractivity contribution in [3.8, 4) is 6.07 Å². The van der Waals surface area contributed by atoms with Crippen LogP contribution in [0.4, 0.5) is 14.5 Å². The monoisotopic (exact) mass is 449 g/mol. The number of hydrogen-bond acceptors (Lipinski definition) is 5. The number of nitriles is 1. The van der Waals surface area contributed by atoms with Crippen LogP contribution >= 0.6 is 11.6 Å². The van der Waals surface area contributed by atoms with Gasteiger partial charge in [0.1, 0.15) is 17.7 Å². The minimum Gasteiger partial charge on any atom is -0.453 e. The van der Waals surface area contributed by atoms with Crippen molar-refractivity contribution in [1.29, 1.82) is 5.26 Å². The summed E-state index contributed by atoms with van der Waals surface area (Å²) in [5, 5.41) is 14.0. The zero-order valence-corrected chi connectivity index (χ0v) is 17.1. The lowest BCUT2D eigenvalue weighted by molar-refractivity contribution is -0.153. The molecule has 0 spiro atoms. The number of nitrogens with one attached hydrogen (secondary N) is 2. The Morgan fingerprint density at radius 2 is 1.94 bits per heavy atom. The summed E-state index contributed by atoms with van der Waals surface area (Å²) in [6, 6.07) is 8.82. The number of esters is 1. The van der Waals surface area contributed by atoms with Crippen LogP contribution in [0.2, 0.25) is 5.02 Å². The fourth-order valence-corrected chi connectivity index (χ4v) is 2.66. The Hall–Kier alpha value is -3.51. The van der Waals surface area contributed by atoms with E-state index in [0.29, 0.717) is 11.8 Å². The summed E-state index contributed by atoms with van der Waals surface area (Å²) in [6.45, 7) is 1.44. The van der Waals surface area contributed by atoms with Crippen molar-refractivity contribution >= 4 is 35.1 Å². The molecule has 0 aliphatic heterocycles. The average molecular weight is 450 g/mol. The molecule has 0 saturated carbocycles. The molecule has 2 amide bonds. The van der Waals surface area contributed by atoms with Crippen molar-refractivity contribution in [1.82, 2.24) is 5.32 Å². The first-order valence-corrected chi connectivity index (χ1v) is 9.52. The normalized spacial score (nSPS) is 11.2. The lowest BCUT2D eigenvalue weighted by Gasteiger charge is -2.14. The molecule has 0 aliphatic rings. The second-order valence-electron chi connectivity index (χ2n) is 6.41. The SMILES string of the molecule is CC(OC(=O)CCCNC(=O)c1ccc(F)cc1F)C(=O)Nc1ccc(C#N)c(Cl)c1. The summed E-state index contributed by atoms with van der Waals surface area (Å²) < 4.78 is 31.4. The van der Waals surface area contributed by atoms with E-state index in [9.17, 15) is 23.2 Å². The van der Waals surface area contributed by atoms with Crippen molar-refractivity contribution in [3.63, 3.8) is 0 Å². The van der Waals surface area contributed by atoms with Crippen LogP contribution in [0.3, 0.4) is 0 Å². The predicted molar refractivity (Wildman–Crippen MR) is 108 cm³/mol. The van der Waals surface area contributed by atoms with Gasteiger partial charge in [-0.1, -0.05) is 11.6 Å². The van der Waals surface area contributed by atoms with Crippen molar-refractivity contribution in [2.75, 3.05) is 11.9 Å². The Morgan fingerprint density at radius 3 is 2.58 bits per heavy atom. The molecular weight excluding hydrogens is 432 g/mol. The van der Waals surface area contributed by atoms with Crippen LogP contribution in [0.5, 0.6) is 0 Å². The fraction of sp³-hybridized carbons (Fsp3) is 0.238. The van der Waals surface area contributed by atoms with Crippen LogP contribution in [-0.4, -0.2) is 30.4 Å². The Balaban J connectivity index is 1.74. The second-order valence-corrected chi connectivity index (χ2v) is 6.82. The number of rotatable bonds is 8. The van der Waals surface area contributed by atoms with E-state index >= 15 is 0 Å². The molecule has 10 heteroatoms. The molecule has 0 aromatic heterocycles. The molecule has 31 heavy (non-hydrogen) atoms. The Bertz CT molecular complexity index is 1040. The van der Waals surface area contributed by atoms with Crippen LogP contribution in [0.25, 0.3) is 0 Å². The quantitative estimate of drug-likeness (QED) is 0.473. The first kappa shape index (κ1) is 23.8. The molecule has 2 N–H and O–H groups in total. The third kappa shape index (κ3) is 7.04. The number of halogens is 3. The highest BCUT2D eigenvalue weighted by Gasteiger charge is 2.18. The number of hydrogen-bond donors (Lipinski definition) is 2. The van der Waals surface area contributed by atoms with E-state index in [1.165, 1.54) is 25.1 Å². The Morgan fingerprint density at radius 1 is 1.19 bits per heavy atom. The molecule has 2 rings (SSSR count). The molecule has 1 unspecified atom stereocenters. The van der Waals surface area contributed by atoms with Crippen LogP contribution in [0.1, 0.15) is 35.7 Å². The first-order chi connectivity index (χ1) is 14.7. The highest BCUT2D eigenvalue weighted by atomic mass is 35.5. The lowest BCUT2D eigenvalue weighted by Crippen LogP contribution is -2.30. The van der Waals surface area contributed by atoms with Gasteiger partial charge in [0, 0.05) is 24.7 Å². The fourth-order valence-electron chi connectivity index (χ4n) is 2.44. The number of carbonyl (C=O) groups excluding carboxylic acids is 3. The molecule has 0 radical (unpaired) electrons. The van der Waals surface area contributed by atoms with E-state index in [1.807, 2.05) is 6.07 Å². The molecule has 0 fully saturated rings. The van der Waals surface area contributed by atoms with E-state index in [-0.39, 0.29) is 35.5 Å². The molecule has 2 aromatic rings. The van der Waals surface area contributed by atoms with Gasteiger partial charge in [-0.05, 0) is 43.7 Å². The van der Waals surface area contributed by atoms with E-state index in [2.05, 4.69) is 10.6 Å². The van der Waals surface area contributed by atoms with Gasteiger partial charge in [0.2, 0.25) is 0 Å². The van der Waals surface area contributed by atoms with Gasteiger partial charge in [0.15, 0.2) is 6.10 Å². The topological polar surface area (TPSA) is 108 Å². The maximum atomic E-state index is 13.5. The van der Waals surface area contributed by atoms with Crippen LogP contribution < -0.4 is 10.6 Å². The van der Waals surface area contributed by atoms with E-state index in [4.69, 9.17) is 21.6 Å². The minimum atomic E-state index is -1.09. The number of amides is 2. The third-order valence-electron chi connectivity index (χ3n) is 4.05. The van der Waals surface area contributed by atoms with E-state index in [0.717, 1.165) is 12.1 Å². The molecule has 162 valence electrons. The summed E-state index contributed by atoms with van der Waals surface area (Å²) >= 11 is 5.90. The van der Waals surface area contributed by atoms with Gasteiger partial charge in [-0.25, -0.2) is 8.78 Å². The number of carbonyl (C=O) groups is 3. The first-order valence-electron chi connectivity index (χ1n) is 9.14. The van der Waals surface area contributed by atoms with Crippen molar-refractivity contribution in [2.24, 2.45) is 0 Å². The zero-order valence-electron chi connectivity index (χ0n) is 16.4. The maximum Gasteiger partial charge on any atom is 0.306 e. The molecule has 0 aliphatic carbocycles. The molecule has 0 bridgehead atoms. The van der Waals surface area contributed by atoms with Gasteiger partial charge in [-0.15, -0.1) is 0 Å². The van der Waals surface area contributed by atoms with E-state index in [1.54, 1.807) is 0 Å². The summed E-state index contributed by atoms with van der Waals surface area (Å²) in [4.78, 5) is 35.9. The number of nitrogens with zero attached hydrogens (tertiary/aromatic N) is 1. The Labute approximate surface area is 181 Å². The zero-order chi connectivity index (χ0) is 23.0. The molecule has 7 nitrogen and oxygen atoms in total. The van der Waals surface area contributed by atoms with Crippen molar-refractivity contribution < 1.29 is 27.9 Å². The van der Waals surface area contributed by atoms with Gasteiger partial charge in [-0.2, -0.15) is 5.26 Å². The number of anilines is 1. The number of benzene rings is 2. The third-order valence-corrected chi connectivity index (χ3v) is 4.37. The molecule has 2 aromatic carbocycles. The van der Waals surface area contributed by atoms with Gasteiger partial charge < -0.3 is 15.4 Å². The van der Waals surface area contributed by atoms with Crippen molar-refractivity contribution in [2.45, 2.75) is 25.9 Å². The minimum absolute atomic E-state index is 0.0507. The number of ether oxygens (including phenoxy) is 1. The second kappa shape index (κ2) is 11.0. The van der Waals surface area contributed by atoms with Gasteiger partial charge in [-0.3, -0.25) is 14.4 Å². The highest BCUT2D eigenvalue weighted by molar-refractivity contribution is 6.32.